The van der Waals surface area contributed by atoms with E-state index in [9.17, 15) is 9.13 Å². The fourth-order valence-electron chi connectivity index (χ4n) is 2.77. The molecule has 0 amide bonds. The van der Waals surface area contributed by atoms with Gasteiger partial charge in [-0.1, -0.05) is 78.1 Å². The molecule has 0 aliphatic rings. The summed E-state index contributed by atoms with van der Waals surface area (Å²) in [7, 11) is -5.51. The Bertz CT molecular complexity index is 413. The maximum atomic E-state index is 12.0. The molecule has 6 nitrogen and oxygen atoms in total. The molecule has 0 saturated carbocycles. The Balaban J connectivity index is 0. The normalized spacial score (nSPS) is 11.9. The highest BCUT2D eigenvalue weighted by Crippen LogP contribution is 2.44. The summed E-state index contributed by atoms with van der Waals surface area (Å²) < 4.78 is 43.4. The maximum Gasteiger partial charge on any atom is 0.327 e. The van der Waals surface area contributed by atoms with Crippen LogP contribution in [0.15, 0.2) is 0 Å². The van der Waals surface area contributed by atoms with Crippen molar-refractivity contribution < 1.29 is 27.2 Å². The molecule has 0 aromatic heterocycles. The minimum atomic E-state index is -2.82. The van der Waals surface area contributed by atoms with Gasteiger partial charge < -0.3 is 18.1 Å². The SMILES string of the molecule is CCCCCCCCOP(C)(=O)OCCCCCCCC.CCOP(C)(=O)OCC. The molecule has 0 aliphatic heterocycles. The molecule has 0 N–H and O–H groups in total. The quantitative estimate of drug-likeness (QED) is 0.131. The minimum absolute atomic E-state index is 0.438. The second-order valence-electron chi connectivity index (χ2n) is 7.58. The molecular weight excluding hydrogens is 422 g/mol. The summed E-state index contributed by atoms with van der Waals surface area (Å²) in [4.78, 5) is 0. The van der Waals surface area contributed by atoms with Gasteiger partial charge >= 0.3 is 15.2 Å². The van der Waals surface area contributed by atoms with Crippen LogP contribution in [0.4, 0.5) is 0 Å². The van der Waals surface area contributed by atoms with Crippen molar-refractivity contribution in [2.45, 2.75) is 105 Å². The highest BCUT2D eigenvalue weighted by Gasteiger charge is 2.16. The van der Waals surface area contributed by atoms with Crippen LogP contribution in [-0.2, 0) is 27.2 Å². The summed E-state index contributed by atoms with van der Waals surface area (Å²) in [5, 5.41) is 0. The second kappa shape index (κ2) is 22.5. The van der Waals surface area contributed by atoms with Crippen molar-refractivity contribution in [1.82, 2.24) is 0 Å². The van der Waals surface area contributed by atoms with Gasteiger partial charge in [-0.05, 0) is 26.7 Å². The van der Waals surface area contributed by atoms with Crippen LogP contribution in [0.3, 0.4) is 0 Å². The Labute approximate surface area is 187 Å². The first-order valence-corrected chi connectivity index (χ1v) is 16.0. The number of rotatable bonds is 20. The van der Waals surface area contributed by atoms with Crippen molar-refractivity contribution in [3.8, 4) is 0 Å². The van der Waals surface area contributed by atoms with Crippen molar-refractivity contribution in [3.05, 3.63) is 0 Å². The monoisotopic (exact) mass is 472 g/mol. The molecule has 30 heavy (non-hydrogen) atoms. The predicted molar refractivity (Wildman–Crippen MR) is 129 cm³/mol. The molecule has 0 unspecified atom stereocenters. The lowest BCUT2D eigenvalue weighted by molar-refractivity contribution is 0.202. The van der Waals surface area contributed by atoms with Crippen LogP contribution in [0.5, 0.6) is 0 Å². The van der Waals surface area contributed by atoms with Gasteiger partial charge in [0.1, 0.15) is 0 Å². The lowest BCUT2D eigenvalue weighted by atomic mass is 10.1. The predicted octanol–water partition coefficient (Wildman–Crippen LogP) is 8.45. The Morgan fingerprint density at radius 1 is 0.467 bits per heavy atom. The second-order valence-corrected chi connectivity index (χ2v) is 11.7. The standard InChI is InChI=1S/C17H37O3P.C5H13O3P/c1-4-6-8-10-12-14-16-19-21(3,18)20-17-15-13-11-9-7-5-2;1-4-7-9(3,6)8-5-2/h4-17H2,1-3H3;4-5H2,1-3H3. The smallest absolute Gasteiger partial charge is 0.309 e. The molecule has 0 spiro atoms. The van der Waals surface area contributed by atoms with Crippen LogP contribution in [0, 0.1) is 0 Å². The highest BCUT2D eigenvalue weighted by molar-refractivity contribution is 7.53. The van der Waals surface area contributed by atoms with Crippen LogP contribution in [0.25, 0.3) is 0 Å². The number of hydrogen-bond acceptors (Lipinski definition) is 6. The molecule has 8 heteroatoms. The van der Waals surface area contributed by atoms with E-state index in [0.717, 1.165) is 25.7 Å². The number of hydrogen-bond donors (Lipinski definition) is 0. The van der Waals surface area contributed by atoms with Gasteiger partial charge in [-0.15, -0.1) is 0 Å². The third-order valence-corrected chi connectivity index (χ3v) is 7.13. The molecule has 184 valence electrons. The van der Waals surface area contributed by atoms with Gasteiger partial charge in [0, 0.05) is 13.3 Å². The van der Waals surface area contributed by atoms with E-state index in [1.165, 1.54) is 58.0 Å². The fourth-order valence-corrected chi connectivity index (χ4v) is 4.78. The van der Waals surface area contributed by atoms with E-state index in [4.69, 9.17) is 18.1 Å². The zero-order valence-electron chi connectivity index (χ0n) is 20.7. The summed E-state index contributed by atoms with van der Waals surface area (Å²) in [6.45, 7) is 13.1. The minimum Gasteiger partial charge on any atom is -0.309 e. The average molecular weight is 473 g/mol. The van der Waals surface area contributed by atoms with Crippen molar-refractivity contribution in [2.75, 3.05) is 39.8 Å². The third kappa shape index (κ3) is 26.3. The molecule has 0 rings (SSSR count). The molecule has 0 aromatic rings. The molecular formula is C22H50O6P2. The summed E-state index contributed by atoms with van der Waals surface area (Å²) in [5.41, 5.74) is 0. The summed E-state index contributed by atoms with van der Waals surface area (Å²) in [6, 6.07) is 0. The topological polar surface area (TPSA) is 71.1 Å². The molecule has 0 bridgehead atoms. The number of unbranched alkanes of at least 4 members (excludes halogenated alkanes) is 10. The van der Waals surface area contributed by atoms with Crippen molar-refractivity contribution >= 4 is 15.2 Å². The first-order valence-electron chi connectivity index (χ1n) is 12.0. The first-order chi connectivity index (χ1) is 14.2. The van der Waals surface area contributed by atoms with Crippen LogP contribution < -0.4 is 0 Å². The third-order valence-electron chi connectivity index (χ3n) is 4.37. The van der Waals surface area contributed by atoms with Gasteiger partial charge in [-0.2, -0.15) is 0 Å². The Hall–Kier alpha value is 0.300. The van der Waals surface area contributed by atoms with Crippen LogP contribution in [0.2, 0.25) is 0 Å². The summed E-state index contributed by atoms with van der Waals surface area (Å²) >= 11 is 0. The lowest BCUT2D eigenvalue weighted by Crippen LogP contribution is -1.98. The molecule has 0 aromatic carbocycles. The molecule has 0 atom stereocenters. The molecule has 0 saturated heterocycles. The Morgan fingerprint density at radius 3 is 1.10 bits per heavy atom. The summed E-state index contributed by atoms with van der Waals surface area (Å²) in [5.74, 6) is 0. The van der Waals surface area contributed by atoms with Gasteiger partial charge in [-0.25, -0.2) is 0 Å². The first kappa shape index (κ1) is 32.5. The van der Waals surface area contributed by atoms with Crippen molar-refractivity contribution in [1.29, 1.82) is 0 Å². The van der Waals surface area contributed by atoms with Gasteiger partial charge in [-0.3, -0.25) is 9.13 Å². The van der Waals surface area contributed by atoms with Crippen molar-refractivity contribution in [2.24, 2.45) is 0 Å². The average Bonchev–Trinajstić information content (AvgIpc) is 2.67. The van der Waals surface area contributed by atoms with Gasteiger partial charge in [0.05, 0.1) is 26.4 Å². The van der Waals surface area contributed by atoms with E-state index in [1.807, 2.05) is 0 Å². The van der Waals surface area contributed by atoms with E-state index in [0.29, 0.717) is 26.4 Å². The molecule has 0 aliphatic carbocycles. The zero-order valence-corrected chi connectivity index (χ0v) is 22.4. The lowest BCUT2D eigenvalue weighted by Gasteiger charge is -2.14. The molecule has 0 fully saturated rings. The van der Waals surface area contributed by atoms with Crippen LogP contribution in [0.1, 0.15) is 105 Å². The fraction of sp³-hybridized carbons (Fsp3) is 1.00. The molecule has 0 heterocycles. The maximum absolute atomic E-state index is 12.0. The van der Waals surface area contributed by atoms with E-state index in [-0.39, 0.29) is 0 Å². The Morgan fingerprint density at radius 2 is 0.767 bits per heavy atom. The van der Waals surface area contributed by atoms with E-state index in [2.05, 4.69) is 13.8 Å². The van der Waals surface area contributed by atoms with E-state index < -0.39 is 15.2 Å². The van der Waals surface area contributed by atoms with E-state index in [1.54, 1.807) is 20.5 Å². The molecule has 0 radical (unpaired) electrons. The van der Waals surface area contributed by atoms with Gasteiger partial charge in [0.2, 0.25) is 0 Å². The summed E-state index contributed by atoms with van der Waals surface area (Å²) in [6.07, 6.45) is 14.6. The highest BCUT2D eigenvalue weighted by atomic mass is 31.2. The zero-order chi connectivity index (χ0) is 23.1. The van der Waals surface area contributed by atoms with Crippen LogP contribution >= 0.6 is 15.2 Å². The largest absolute Gasteiger partial charge is 0.327 e. The van der Waals surface area contributed by atoms with Gasteiger partial charge in [0.15, 0.2) is 0 Å². The van der Waals surface area contributed by atoms with Crippen molar-refractivity contribution in [3.63, 3.8) is 0 Å². The Kier molecular flexibility index (Phi) is 24.4. The van der Waals surface area contributed by atoms with Crippen LogP contribution in [-0.4, -0.2) is 39.8 Å². The van der Waals surface area contributed by atoms with E-state index >= 15 is 0 Å². The van der Waals surface area contributed by atoms with Gasteiger partial charge in [0.25, 0.3) is 0 Å².